The molecule has 0 aromatic carbocycles. The summed E-state index contributed by atoms with van der Waals surface area (Å²) >= 11 is 0. The highest BCUT2D eigenvalue weighted by Gasteiger charge is 1.93. The van der Waals surface area contributed by atoms with Gasteiger partial charge >= 0.3 is 0 Å². The van der Waals surface area contributed by atoms with E-state index < -0.39 is 0 Å². The topological polar surface area (TPSA) is 0 Å². The summed E-state index contributed by atoms with van der Waals surface area (Å²) in [5.41, 5.74) is 3.06. The lowest BCUT2D eigenvalue weighted by molar-refractivity contribution is 0.907. The third-order valence-electron chi connectivity index (χ3n) is 2.21. The summed E-state index contributed by atoms with van der Waals surface area (Å²) < 4.78 is 0. The highest BCUT2D eigenvalue weighted by atomic mass is 14.0. The molecule has 0 saturated heterocycles. The Morgan fingerprint density at radius 3 is 2.00 bits per heavy atom. The molecular formula is C12H22. The van der Waals surface area contributed by atoms with Crippen molar-refractivity contribution in [3.8, 4) is 0 Å². The predicted octanol–water partition coefficient (Wildman–Crippen LogP) is 4.48. The Bertz CT molecular complexity index is 155. The normalized spacial score (nSPS) is 11.5. The van der Waals surface area contributed by atoms with Crippen molar-refractivity contribution in [2.75, 3.05) is 0 Å². The molecule has 0 aliphatic heterocycles. The largest absolute Gasteiger partial charge is 0.0844 e. The minimum absolute atomic E-state index is 1.19. The SMILES string of the molecule is CC=C(C=C(CC)CC)CCC. The quantitative estimate of drug-likeness (QED) is 0.528. The lowest BCUT2D eigenvalue weighted by Crippen LogP contribution is -1.82. The van der Waals surface area contributed by atoms with Crippen molar-refractivity contribution in [2.45, 2.75) is 53.4 Å². The average Bonchev–Trinajstić information content (AvgIpc) is 2.12. The molecule has 0 bridgehead atoms. The number of hydrogen-bond donors (Lipinski definition) is 0. The summed E-state index contributed by atoms with van der Waals surface area (Å²) in [5.74, 6) is 0. The van der Waals surface area contributed by atoms with Crippen molar-refractivity contribution in [3.05, 3.63) is 23.3 Å². The molecule has 70 valence electrons. The van der Waals surface area contributed by atoms with Gasteiger partial charge in [0, 0.05) is 0 Å². The van der Waals surface area contributed by atoms with E-state index in [2.05, 4.69) is 39.8 Å². The molecule has 0 atom stereocenters. The van der Waals surface area contributed by atoms with Crippen LogP contribution < -0.4 is 0 Å². The molecule has 0 heterocycles. The van der Waals surface area contributed by atoms with Crippen LogP contribution >= 0.6 is 0 Å². The highest BCUT2D eigenvalue weighted by Crippen LogP contribution is 2.13. The van der Waals surface area contributed by atoms with Crippen molar-refractivity contribution in [2.24, 2.45) is 0 Å². The molecule has 0 aromatic heterocycles. The molecule has 0 rings (SSSR count). The van der Waals surface area contributed by atoms with Crippen LogP contribution in [0.1, 0.15) is 53.4 Å². The molecule has 0 unspecified atom stereocenters. The first-order valence-corrected chi connectivity index (χ1v) is 5.13. The number of rotatable bonds is 5. The molecule has 0 radical (unpaired) electrons. The zero-order chi connectivity index (χ0) is 9.40. The molecule has 0 saturated carbocycles. The van der Waals surface area contributed by atoms with Crippen LogP contribution in [0.25, 0.3) is 0 Å². The van der Waals surface area contributed by atoms with Gasteiger partial charge in [0.15, 0.2) is 0 Å². The zero-order valence-corrected chi connectivity index (χ0v) is 8.98. The summed E-state index contributed by atoms with van der Waals surface area (Å²) in [5, 5.41) is 0. The van der Waals surface area contributed by atoms with Gasteiger partial charge in [0.2, 0.25) is 0 Å². The van der Waals surface area contributed by atoms with Crippen LogP contribution in [0, 0.1) is 0 Å². The van der Waals surface area contributed by atoms with Crippen LogP contribution in [0.5, 0.6) is 0 Å². The van der Waals surface area contributed by atoms with Crippen molar-refractivity contribution in [3.63, 3.8) is 0 Å². The van der Waals surface area contributed by atoms with E-state index in [9.17, 15) is 0 Å². The fourth-order valence-corrected chi connectivity index (χ4v) is 1.30. The van der Waals surface area contributed by atoms with Gasteiger partial charge in [-0.2, -0.15) is 0 Å². The first kappa shape index (κ1) is 11.5. The summed E-state index contributed by atoms with van der Waals surface area (Å²) in [6.45, 7) is 8.82. The second kappa shape index (κ2) is 7.15. The first-order valence-electron chi connectivity index (χ1n) is 5.13. The molecule has 0 aromatic rings. The highest BCUT2D eigenvalue weighted by molar-refractivity contribution is 5.22. The van der Waals surface area contributed by atoms with E-state index in [1.165, 1.54) is 31.3 Å². The Labute approximate surface area is 77.4 Å². The molecule has 12 heavy (non-hydrogen) atoms. The van der Waals surface area contributed by atoms with Crippen molar-refractivity contribution < 1.29 is 0 Å². The van der Waals surface area contributed by atoms with Gasteiger partial charge in [-0.05, 0) is 26.2 Å². The molecule has 0 amide bonds. The maximum absolute atomic E-state index is 2.36. The van der Waals surface area contributed by atoms with Gasteiger partial charge in [-0.15, -0.1) is 0 Å². The fourth-order valence-electron chi connectivity index (χ4n) is 1.30. The molecule has 0 spiro atoms. The smallest absolute Gasteiger partial charge is 0.0285 e. The van der Waals surface area contributed by atoms with Crippen LogP contribution in [-0.2, 0) is 0 Å². The Balaban J connectivity index is 4.23. The predicted molar refractivity (Wildman–Crippen MR) is 57.3 cm³/mol. The maximum Gasteiger partial charge on any atom is -0.0285 e. The minimum Gasteiger partial charge on any atom is -0.0844 e. The van der Waals surface area contributed by atoms with Crippen molar-refractivity contribution in [1.29, 1.82) is 0 Å². The van der Waals surface area contributed by atoms with Crippen LogP contribution in [0.2, 0.25) is 0 Å². The number of allylic oxidation sites excluding steroid dienone is 4. The number of hydrogen-bond acceptors (Lipinski definition) is 0. The van der Waals surface area contributed by atoms with Gasteiger partial charge in [-0.25, -0.2) is 0 Å². The van der Waals surface area contributed by atoms with Gasteiger partial charge in [0.25, 0.3) is 0 Å². The first-order chi connectivity index (χ1) is 5.78. The van der Waals surface area contributed by atoms with Crippen molar-refractivity contribution in [1.82, 2.24) is 0 Å². The Morgan fingerprint density at radius 2 is 1.67 bits per heavy atom. The fraction of sp³-hybridized carbons (Fsp3) is 0.667. The van der Waals surface area contributed by atoms with E-state index in [4.69, 9.17) is 0 Å². The Kier molecular flexibility index (Phi) is 6.84. The minimum atomic E-state index is 1.19. The lowest BCUT2D eigenvalue weighted by Gasteiger charge is -2.03. The van der Waals surface area contributed by atoms with Crippen LogP contribution in [0.3, 0.4) is 0 Å². The van der Waals surface area contributed by atoms with Gasteiger partial charge in [0.05, 0.1) is 0 Å². The average molecular weight is 166 g/mol. The second-order valence-corrected chi connectivity index (χ2v) is 3.12. The van der Waals surface area contributed by atoms with Crippen LogP contribution in [-0.4, -0.2) is 0 Å². The monoisotopic (exact) mass is 166 g/mol. The summed E-state index contributed by atoms with van der Waals surface area (Å²) in [4.78, 5) is 0. The van der Waals surface area contributed by atoms with Gasteiger partial charge in [0.1, 0.15) is 0 Å². The summed E-state index contributed by atoms with van der Waals surface area (Å²) in [6, 6.07) is 0. The standard InChI is InChI=1S/C12H22/c1-5-9-12(8-4)10-11(6-2)7-3/h8,10H,5-7,9H2,1-4H3. The maximum atomic E-state index is 2.36. The third kappa shape index (κ3) is 4.38. The van der Waals surface area contributed by atoms with E-state index in [-0.39, 0.29) is 0 Å². The van der Waals surface area contributed by atoms with Crippen molar-refractivity contribution >= 4 is 0 Å². The van der Waals surface area contributed by atoms with Crippen LogP contribution in [0.4, 0.5) is 0 Å². The van der Waals surface area contributed by atoms with Gasteiger partial charge < -0.3 is 0 Å². The van der Waals surface area contributed by atoms with E-state index in [0.717, 1.165) is 0 Å². The Morgan fingerprint density at radius 1 is 1.08 bits per heavy atom. The molecular weight excluding hydrogens is 144 g/mol. The summed E-state index contributed by atoms with van der Waals surface area (Å²) in [6.07, 6.45) is 9.45. The van der Waals surface area contributed by atoms with E-state index >= 15 is 0 Å². The van der Waals surface area contributed by atoms with Gasteiger partial charge in [-0.1, -0.05) is 50.5 Å². The molecule has 0 fully saturated rings. The van der Waals surface area contributed by atoms with Crippen LogP contribution in [0.15, 0.2) is 23.3 Å². The molecule has 0 aliphatic rings. The lowest BCUT2D eigenvalue weighted by atomic mass is 10.0. The third-order valence-corrected chi connectivity index (χ3v) is 2.21. The Hall–Kier alpha value is -0.520. The van der Waals surface area contributed by atoms with E-state index in [1.54, 1.807) is 5.57 Å². The molecule has 0 heteroatoms. The molecule has 0 aliphatic carbocycles. The van der Waals surface area contributed by atoms with E-state index in [0.29, 0.717) is 0 Å². The summed E-state index contributed by atoms with van der Waals surface area (Å²) in [7, 11) is 0. The molecule has 0 N–H and O–H groups in total. The zero-order valence-electron chi connectivity index (χ0n) is 8.98. The van der Waals surface area contributed by atoms with E-state index in [1.807, 2.05) is 0 Å². The van der Waals surface area contributed by atoms with Gasteiger partial charge in [-0.3, -0.25) is 0 Å². The second-order valence-electron chi connectivity index (χ2n) is 3.12. The molecule has 0 nitrogen and oxygen atoms in total.